The maximum Gasteiger partial charge on any atom is 0.335 e. The van der Waals surface area contributed by atoms with Crippen LogP contribution in [0.1, 0.15) is 20.7 Å². The molecule has 0 aliphatic rings. The molecule has 0 aliphatic carbocycles. The molecule has 0 atom stereocenters. The first-order valence-electron chi connectivity index (χ1n) is 5.62. The van der Waals surface area contributed by atoms with Crippen molar-refractivity contribution in [3.8, 4) is 0 Å². The molecule has 0 heterocycles. The van der Waals surface area contributed by atoms with Gasteiger partial charge >= 0.3 is 5.97 Å². The normalized spacial score (nSPS) is 9.84. The predicted molar refractivity (Wildman–Crippen MR) is 69.1 cm³/mol. The third-order valence-corrected chi connectivity index (χ3v) is 2.57. The van der Waals surface area contributed by atoms with E-state index in [-0.39, 0.29) is 23.6 Å². The van der Waals surface area contributed by atoms with Gasteiger partial charge in [-0.2, -0.15) is 0 Å². The number of aromatic carboxylic acids is 1. The van der Waals surface area contributed by atoms with E-state index in [0.29, 0.717) is 0 Å². The third kappa shape index (κ3) is 3.80. The number of amides is 2. The second-order valence-corrected chi connectivity index (χ2v) is 4.34. The van der Waals surface area contributed by atoms with Crippen molar-refractivity contribution >= 4 is 17.8 Å². The molecular formula is C13H16N2O4. The molecule has 0 aliphatic heterocycles. The van der Waals surface area contributed by atoms with Gasteiger partial charge in [-0.15, -0.1) is 0 Å². The van der Waals surface area contributed by atoms with E-state index in [1.165, 1.54) is 41.1 Å². The molecule has 2 amide bonds. The van der Waals surface area contributed by atoms with Crippen LogP contribution < -0.4 is 0 Å². The van der Waals surface area contributed by atoms with E-state index in [2.05, 4.69) is 0 Å². The van der Waals surface area contributed by atoms with E-state index in [9.17, 15) is 14.4 Å². The third-order valence-electron chi connectivity index (χ3n) is 2.57. The zero-order valence-electron chi connectivity index (χ0n) is 11.1. The number of benzene rings is 1. The average molecular weight is 264 g/mol. The first-order valence-corrected chi connectivity index (χ1v) is 5.62. The fourth-order valence-corrected chi connectivity index (χ4v) is 1.42. The molecule has 0 saturated carbocycles. The number of carboxylic acids is 1. The molecule has 1 aromatic rings. The smallest absolute Gasteiger partial charge is 0.335 e. The lowest BCUT2D eigenvalue weighted by atomic mass is 10.1. The van der Waals surface area contributed by atoms with Gasteiger partial charge in [-0.1, -0.05) is 6.07 Å². The molecule has 0 fully saturated rings. The van der Waals surface area contributed by atoms with Crippen LogP contribution in [0, 0.1) is 0 Å². The molecule has 0 radical (unpaired) electrons. The van der Waals surface area contributed by atoms with Crippen molar-refractivity contribution < 1.29 is 19.5 Å². The highest BCUT2D eigenvalue weighted by Crippen LogP contribution is 2.08. The molecule has 1 N–H and O–H groups in total. The topological polar surface area (TPSA) is 77.9 Å². The zero-order valence-corrected chi connectivity index (χ0v) is 11.1. The number of carbonyl (C=O) groups excluding carboxylic acids is 2. The predicted octanol–water partition coefficient (Wildman–Crippen LogP) is 0.545. The number of rotatable bonds is 4. The van der Waals surface area contributed by atoms with Crippen LogP contribution >= 0.6 is 0 Å². The Bertz CT molecular complexity index is 511. The second-order valence-electron chi connectivity index (χ2n) is 4.34. The minimum atomic E-state index is -1.10. The van der Waals surface area contributed by atoms with Crippen molar-refractivity contribution in [3.05, 3.63) is 35.4 Å². The van der Waals surface area contributed by atoms with Gasteiger partial charge in [0, 0.05) is 26.7 Å². The van der Waals surface area contributed by atoms with E-state index >= 15 is 0 Å². The summed E-state index contributed by atoms with van der Waals surface area (Å²) in [4.78, 5) is 37.0. The number of hydrogen-bond donors (Lipinski definition) is 1. The SMILES string of the molecule is CN(C)C(=O)CN(C)C(=O)c1cccc(C(=O)O)c1. The van der Waals surface area contributed by atoms with Crippen molar-refractivity contribution in [2.45, 2.75) is 0 Å². The van der Waals surface area contributed by atoms with E-state index in [1.54, 1.807) is 14.1 Å². The Kier molecular flexibility index (Phi) is 4.63. The van der Waals surface area contributed by atoms with Crippen molar-refractivity contribution in [3.63, 3.8) is 0 Å². The Hall–Kier alpha value is -2.37. The first kappa shape index (κ1) is 14.7. The Labute approximate surface area is 111 Å². The Balaban J connectivity index is 2.85. The Morgan fingerprint density at radius 1 is 1.11 bits per heavy atom. The molecule has 6 nitrogen and oxygen atoms in total. The van der Waals surface area contributed by atoms with Gasteiger partial charge in [-0.3, -0.25) is 9.59 Å². The highest BCUT2D eigenvalue weighted by atomic mass is 16.4. The van der Waals surface area contributed by atoms with Crippen LogP contribution in [0.2, 0.25) is 0 Å². The lowest BCUT2D eigenvalue weighted by Crippen LogP contribution is -2.37. The monoisotopic (exact) mass is 264 g/mol. The van der Waals surface area contributed by atoms with Crippen LogP contribution in [-0.4, -0.2) is 60.4 Å². The highest BCUT2D eigenvalue weighted by Gasteiger charge is 2.17. The maximum atomic E-state index is 12.0. The van der Waals surface area contributed by atoms with Gasteiger partial charge in [-0.05, 0) is 18.2 Å². The van der Waals surface area contributed by atoms with E-state index in [4.69, 9.17) is 5.11 Å². The van der Waals surface area contributed by atoms with Gasteiger partial charge in [0.15, 0.2) is 0 Å². The number of likely N-dealkylation sites (N-methyl/N-ethyl adjacent to an activating group) is 2. The van der Waals surface area contributed by atoms with Gasteiger partial charge in [0.1, 0.15) is 0 Å². The molecule has 1 rings (SSSR count). The second kappa shape index (κ2) is 5.99. The largest absolute Gasteiger partial charge is 0.478 e. The van der Waals surface area contributed by atoms with Gasteiger partial charge in [0.25, 0.3) is 5.91 Å². The summed E-state index contributed by atoms with van der Waals surface area (Å²) in [5.74, 6) is -1.69. The molecule has 0 aromatic heterocycles. The summed E-state index contributed by atoms with van der Waals surface area (Å²) in [6, 6.07) is 5.72. The van der Waals surface area contributed by atoms with Crippen molar-refractivity contribution in [1.82, 2.24) is 9.80 Å². The Morgan fingerprint density at radius 2 is 1.68 bits per heavy atom. The molecule has 102 valence electrons. The number of hydrogen-bond acceptors (Lipinski definition) is 3. The van der Waals surface area contributed by atoms with E-state index in [0.717, 1.165) is 0 Å². The van der Waals surface area contributed by atoms with Gasteiger partial charge in [0.2, 0.25) is 5.91 Å². The van der Waals surface area contributed by atoms with Gasteiger partial charge < -0.3 is 14.9 Å². The highest BCUT2D eigenvalue weighted by molar-refractivity contribution is 5.98. The molecule has 6 heteroatoms. The summed E-state index contributed by atoms with van der Waals surface area (Å²) in [7, 11) is 4.70. The van der Waals surface area contributed by atoms with Crippen LogP contribution in [0.25, 0.3) is 0 Å². The van der Waals surface area contributed by atoms with Crippen molar-refractivity contribution in [2.24, 2.45) is 0 Å². The van der Waals surface area contributed by atoms with Gasteiger partial charge in [-0.25, -0.2) is 4.79 Å². The summed E-state index contributed by atoms with van der Waals surface area (Å²) in [6.07, 6.45) is 0. The van der Waals surface area contributed by atoms with Crippen LogP contribution in [-0.2, 0) is 4.79 Å². The van der Waals surface area contributed by atoms with Crippen molar-refractivity contribution in [1.29, 1.82) is 0 Å². The number of nitrogens with zero attached hydrogens (tertiary/aromatic N) is 2. The maximum absolute atomic E-state index is 12.0. The van der Waals surface area contributed by atoms with E-state index in [1.807, 2.05) is 0 Å². The number of carbonyl (C=O) groups is 3. The zero-order chi connectivity index (χ0) is 14.6. The molecule has 0 unspecified atom stereocenters. The molecule has 19 heavy (non-hydrogen) atoms. The van der Waals surface area contributed by atoms with Crippen LogP contribution in [0.3, 0.4) is 0 Å². The van der Waals surface area contributed by atoms with Crippen LogP contribution in [0.5, 0.6) is 0 Å². The van der Waals surface area contributed by atoms with Crippen LogP contribution in [0.4, 0.5) is 0 Å². The molecular weight excluding hydrogens is 248 g/mol. The Morgan fingerprint density at radius 3 is 2.21 bits per heavy atom. The quantitative estimate of drug-likeness (QED) is 0.861. The molecule has 0 saturated heterocycles. The summed E-state index contributed by atoms with van der Waals surface area (Å²) < 4.78 is 0. The summed E-state index contributed by atoms with van der Waals surface area (Å²) in [6.45, 7) is -0.0524. The summed E-state index contributed by atoms with van der Waals surface area (Å²) >= 11 is 0. The number of carboxylic acid groups (broad SMARTS) is 1. The average Bonchev–Trinajstić information content (AvgIpc) is 2.37. The first-order chi connectivity index (χ1) is 8.82. The summed E-state index contributed by atoms with van der Waals surface area (Å²) in [5.41, 5.74) is 0.284. The molecule has 0 bridgehead atoms. The summed E-state index contributed by atoms with van der Waals surface area (Å²) in [5, 5.41) is 8.86. The lowest BCUT2D eigenvalue weighted by molar-refractivity contribution is -0.129. The fourth-order valence-electron chi connectivity index (χ4n) is 1.42. The standard InChI is InChI=1S/C13H16N2O4/c1-14(2)11(16)8-15(3)12(17)9-5-4-6-10(7-9)13(18)19/h4-7H,8H2,1-3H3,(H,18,19). The van der Waals surface area contributed by atoms with Gasteiger partial charge in [0.05, 0.1) is 12.1 Å². The molecule has 0 spiro atoms. The lowest BCUT2D eigenvalue weighted by Gasteiger charge is -2.19. The van der Waals surface area contributed by atoms with E-state index < -0.39 is 11.9 Å². The minimum Gasteiger partial charge on any atom is -0.478 e. The van der Waals surface area contributed by atoms with Crippen molar-refractivity contribution in [2.75, 3.05) is 27.7 Å². The van der Waals surface area contributed by atoms with Crippen LogP contribution in [0.15, 0.2) is 24.3 Å². The molecule has 1 aromatic carbocycles. The fraction of sp³-hybridized carbons (Fsp3) is 0.308. The minimum absolute atomic E-state index is 0.0400.